The van der Waals surface area contributed by atoms with Crippen LogP contribution in [-0.2, 0) is 0 Å². The van der Waals surface area contributed by atoms with Crippen molar-refractivity contribution in [3.63, 3.8) is 0 Å². The van der Waals surface area contributed by atoms with Crippen molar-refractivity contribution in [2.24, 2.45) is 0 Å². The molecule has 0 saturated carbocycles. The Kier molecular flexibility index (Phi) is 3.52. The fourth-order valence-electron chi connectivity index (χ4n) is 2.11. The normalized spacial score (nSPS) is 16.6. The van der Waals surface area contributed by atoms with E-state index in [1.54, 1.807) is 6.07 Å². The molecule has 1 fully saturated rings. The molecule has 0 spiro atoms. The van der Waals surface area contributed by atoms with E-state index in [0.29, 0.717) is 5.56 Å². The summed E-state index contributed by atoms with van der Waals surface area (Å²) in [7, 11) is 0. The fourth-order valence-corrected chi connectivity index (χ4v) is 2.11. The maximum absolute atomic E-state index is 12.1. The Morgan fingerprint density at radius 2 is 1.65 bits per heavy atom. The minimum atomic E-state index is -0.245. The molecule has 1 saturated heterocycles. The first-order valence-corrected chi connectivity index (χ1v) is 6.00. The molecule has 92 valence electrons. The van der Waals surface area contributed by atoms with Crippen molar-refractivity contribution in [3.8, 4) is 11.5 Å². The molecule has 1 aliphatic rings. The predicted molar refractivity (Wildman–Crippen MR) is 64.1 cm³/mol. The summed E-state index contributed by atoms with van der Waals surface area (Å²) in [5.41, 5.74) is 0.433. The van der Waals surface area contributed by atoms with Crippen molar-refractivity contribution in [2.45, 2.75) is 25.7 Å². The van der Waals surface area contributed by atoms with E-state index in [9.17, 15) is 15.0 Å². The first-order chi connectivity index (χ1) is 8.18. The molecule has 0 aliphatic carbocycles. The second-order valence-corrected chi connectivity index (χ2v) is 4.41. The van der Waals surface area contributed by atoms with Crippen LogP contribution in [0.4, 0.5) is 0 Å². The van der Waals surface area contributed by atoms with Gasteiger partial charge in [0.1, 0.15) is 0 Å². The molecule has 0 unspecified atom stereocenters. The Morgan fingerprint density at radius 1 is 1.00 bits per heavy atom. The summed E-state index contributed by atoms with van der Waals surface area (Å²) in [5, 5.41) is 18.6. The number of carbonyl (C=O) groups excluding carboxylic acids is 1. The van der Waals surface area contributed by atoms with E-state index in [4.69, 9.17) is 0 Å². The summed E-state index contributed by atoms with van der Waals surface area (Å²) in [6, 6.07) is 4.21. The summed E-state index contributed by atoms with van der Waals surface area (Å²) in [4.78, 5) is 14.0. The Hall–Kier alpha value is -1.71. The summed E-state index contributed by atoms with van der Waals surface area (Å²) in [5.74, 6) is -0.509. The minimum absolute atomic E-state index is 0.0674. The molecule has 0 radical (unpaired) electrons. The van der Waals surface area contributed by atoms with Gasteiger partial charge in [-0.1, -0.05) is 12.8 Å². The van der Waals surface area contributed by atoms with Crippen molar-refractivity contribution >= 4 is 5.91 Å². The van der Waals surface area contributed by atoms with Crippen LogP contribution in [0.5, 0.6) is 11.5 Å². The average Bonchev–Trinajstić information content (AvgIpc) is 2.60. The molecular weight excluding hydrogens is 218 g/mol. The van der Waals surface area contributed by atoms with Crippen molar-refractivity contribution in [3.05, 3.63) is 23.8 Å². The lowest BCUT2D eigenvalue weighted by atomic mass is 10.1. The van der Waals surface area contributed by atoms with Gasteiger partial charge in [-0.3, -0.25) is 4.79 Å². The molecule has 1 heterocycles. The molecule has 17 heavy (non-hydrogen) atoms. The number of hydrogen-bond acceptors (Lipinski definition) is 3. The Morgan fingerprint density at radius 3 is 2.24 bits per heavy atom. The molecule has 2 rings (SSSR count). The van der Waals surface area contributed by atoms with E-state index in [2.05, 4.69) is 0 Å². The first kappa shape index (κ1) is 11.8. The molecule has 2 N–H and O–H groups in total. The Balaban J connectivity index is 2.14. The van der Waals surface area contributed by atoms with Gasteiger partial charge in [0.05, 0.1) is 0 Å². The van der Waals surface area contributed by atoms with Crippen LogP contribution in [0.1, 0.15) is 36.0 Å². The lowest BCUT2D eigenvalue weighted by molar-refractivity contribution is 0.0761. The van der Waals surface area contributed by atoms with Crippen LogP contribution >= 0.6 is 0 Å². The van der Waals surface area contributed by atoms with Gasteiger partial charge in [0.15, 0.2) is 11.5 Å². The van der Waals surface area contributed by atoms with Crippen LogP contribution < -0.4 is 0 Å². The summed E-state index contributed by atoms with van der Waals surface area (Å²) in [6.07, 6.45) is 4.42. The zero-order chi connectivity index (χ0) is 12.3. The molecule has 0 bridgehead atoms. The van der Waals surface area contributed by atoms with E-state index in [-0.39, 0.29) is 17.4 Å². The number of amides is 1. The van der Waals surface area contributed by atoms with Crippen LogP contribution in [0.2, 0.25) is 0 Å². The molecule has 0 atom stereocenters. The molecule has 4 nitrogen and oxygen atoms in total. The third kappa shape index (κ3) is 2.70. The quantitative estimate of drug-likeness (QED) is 0.733. The number of benzene rings is 1. The van der Waals surface area contributed by atoms with Crippen molar-refractivity contribution in [1.82, 2.24) is 4.90 Å². The smallest absolute Gasteiger partial charge is 0.253 e. The van der Waals surface area contributed by atoms with E-state index in [1.807, 2.05) is 4.90 Å². The van der Waals surface area contributed by atoms with E-state index in [1.165, 1.54) is 25.0 Å². The van der Waals surface area contributed by atoms with E-state index < -0.39 is 0 Å². The highest BCUT2D eigenvalue weighted by molar-refractivity contribution is 5.94. The summed E-state index contributed by atoms with van der Waals surface area (Å²) in [6.45, 7) is 1.56. The summed E-state index contributed by atoms with van der Waals surface area (Å²) < 4.78 is 0. The lowest BCUT2D eigenvalue weighted by Gasteiger charge is -2.20. The van der Waals surface area contributed by atoms with Crippen molar-refractivity contribution in [2.75, 3.05) is 13.1 Å². The number of aromatic hydroxyl groups is 2. The molecule has 1 amide bonds. The van der Waals surface area contributed by atoms with Gasteiger partial charge in [0.2, 0.25) is 0 Å². The molecule has 4 heteroatoms. The third-order valence-electron chi connectivity index (χ3n) is 3.12. The number of carbonyl (C=O) groups is 1. The second kappa shape index (κ2) is 5.08. The Labute approximate surface area is 100 Å². The van der Waals surface area contributed by atoms with Gasteiger partial charge < -0.3 is 15.1 Å². The Bertz CT molecular complexity index is 409. The fraction of sp³-hybridized carbons (Fsp3) is 0.462. The van der Waals surface area contributed by atoms with Gasteiger partial charge in [-0.05, 0) is 31.0 Å². The van der Waals surface area contributed by atoms with Gasteiger partial charge >= 0.3 is 0 Å². The standard InChI is InChI=1S/C13H17NO3/c15-11-6-5-10(9-12(11)16)13(17)14-7-3-1-2-4-8-14/h5-6,9,15-16H,1-4,7-8H2. The van der Waals surface area contributed by atoms with Gasteiger partial charge in [0, 0.05) is 18.7 Å². The maximum atomic E-state index is 12.1. The van der Waals surface area contributed by atoms with E-state index >= 15 is 0 Å². The number of hydrogen-bond donors (Lipinski definition) is 2. The minimum Gasteiger partial charge on any atom is -0.504 e. The number of likely N-dealkylation sites (tertiary alicyclic amines) is 1. The van der Waals surface area contributed by atoms with Gasteiger partial charge in [-0.25, -0.2) is 0 Å². The highest BCUT2D eigenvalue weighted by atomic mass is 16.3. The number of phenols is 2. The van der Waals surface area contributed by atoms with E-state index in [0.717, 1.165) is 25.9 Å². The number of phenolic OH excluding ortho intramolecular Hbond substituents is 2. The SMILES string of the molecule is O=C(c1ccc(O)c(O)c1)N1CCCCCC1. The molecule has 1 aromatic rings. The second-order valence-electron chi connectivity index (χ2n) is 4.41. The topological polar surface area (TPSA) is 60.8 Å². The highest BCUT2D eigenvalue weighted by Crippen LogP contribution is 2.25. The van der Waals surface area contributed by atoms with Gasteiger partial charge in [-0.2, -0.15) is 0 Å². The number of rotatable bonds is 1. The van der Waals surface area contributed by atoms with Crippen molar-refractivity contribution < 1.29 is 15.0 Å². The average molecular weight is 235 g/mol. The van der Waals surface area contributed by atoms with Crippen LogP contribution in [0.3, 0.4) is 0 Å². The molecule has 0 aromatic heterocycles. The maximum Gasteiger partial charge on any atom is 0.253 e. The van der Waals surface area contributed by atoms with Crippen LogP contribution in [-0.4, -0.2) is 34.1 Å². The monoisotopic (exact) mass is 235 g/mol. The van der Waals surface area contributed by atoms with Crippen LogP contribution in [0, 0.1) is 0 Å². The third-order valence-corrected chi connectivity index (χ3v) is 3.12. The van der Waals surface area contributed by atoms with Crippen LogP contribution in [0.25, 0.3) is 0 Å². The number of nitrogens with zero attached hydrogens (tertiary/aromatic N) is 1. The van der Waals surface area contributed by atoms with Gasteiger partial charge in [0.25, 0.3) is 5.91 Å². The molecule has 1 aliphatic heterocycles. The van der Waals surface area contributed by atoms with Gasteiger partial charge in [-0.15, -0.1) is 0 Å². The largest absolute Gasteiger partial charge is 0.504 e. The first-order valence-electron chi connectivity index (χ1n) is 6.00. The predicted octanol–water partition coefficient (Wildman–Crippen LogP) is 2.11. The molecular formula is C13H17NO3. The zero-order valence-electron chi connectivity index (χ0n) is 9.72. The lowest BCUT2D eigenvalue weighted by Crippen LogP contribution is -2.31. The van der Waals surface area contributed by atoms with Crippen molar-refractivity contribution in [1.29, 1.82) is 0 Å². The molecule has 1 aromatic carbocycles. The zero-order valence-corrected chi connectivity index (χ0v) is 9.72. The highest BCUT2D eigenvalue weighted by Gasteiger charge is 2.18. The summed E-state index contributed by atoms with van der Waals surface area (Å²) >= 11 is 0. The van der Waals surface area contributed by atoms with Crippen LogP contribution in [0.15, 0.2) is 18.2 Å².